The van der Waals surface area contributed by atoms with Gasteiger partial charge in [-0.25, -0.2) is 9.48 Å². The minimum absolute atomic E-state index is 0.0332. The lowest BCUT2D eigenvalue weighted by atomic mass is 10.1. The Hall–Kier alpha value is -4.73. The number of halogens is 1. The summed E-state index contributed by atoms with van der Waals surface area (Å²) in [7, 11) is 0. The number of carbonyl (C=O) groups excluding carboxylic acids is 1. The van der Waals surface area contributed by atoms with Gasteiger partial charge in [0.05, 0.1) is 34.4 Å². The predicted molar refractivity (Wildman–Crippen MR) is 214 cm³/mol. The first-order valence-corrected chi connectivity index (χ1v) is 19.9. The maximum absolute atomic E-state index is 13.4. The maximum Gasteiger partial charge on any atom is 0.320 e. The third-order valence-electron chi connectivity index (χ3n) is 9.14. The van der Waals surface area contributed by atoms with E-state index in [1.165, 1.54) is 6.07 Å². The summed E-state index contributed by atoms with van der Waals surface area (Å²) in [5.41, 5.74) is 3.98. The average molecular weight is 785 g/mol. The fraction of sp³-hybridized carbons (Fsp3) is 0.282. The highest BCUT2D eigenvalue weighted by Crippen LogP contribution is 2.36. The number of morpholine rings is 1. The number of phenols is 1. The second kappa shape index (κ2) is 16.7. The Bertz CT molecular complexity index is 2260. The number of urea groups is 1. The number of hydrogen-bond donors (Lipinski definition) is 3. The zero-order chi connectivity index (χ0) is 37.7. The van der Waals surface area contributed by atoms with Crippen LogP contribution in [0.3, 0.4) is 0 Å². The number of phenolic OH excluding ortho intramolecular Hbond substituents is 1. The summed E-state index contributed by atoms with van der Waals surface area (Å²) in [4.78, 5) is 17.7. The largest absolute Gasteiger partial charge is 0.506 e. The van der Waals surface area contributed by atoms with Crippen LogP contribution >= 0.6 is 35.1 Å². The molecule has 7 rings (SSSR count). The van der Waals surface area contributed by atoms with Crippen LogP contribution < -0.4 is 15.4 Å². The average Bonchev–Trinajstić information content (AvgIpc) is 3.81. The van der Waals surface area contributed by atoms with Crippen molar-refractivity contribution in [3.63, 3.8) is 0 Å². The van der Waals surface area contributed by atoms with Crippen LogP contribution in [-0.4, -0.2) is 86.1 Å². The molecule has 0 unspecified atom stereocenters. The van der Waals surface area contributed by atoms with E-state index in [1.54, 1.807) is 40.3 Å². The minimum atomic E-state index is -0.391. The van der Waals surface area contributed by atoms with E-state index >= 15 is 0 Å². The lowest BCUT2D eigenvalue weighted by Crippen LogP contribution is -2.38. The standard InChI is InChI=1S/C39H41ClN8O4S2/c1-39(2,53-3)34-23-36(48(45-34)28-11-13-32(49)31(40)22-28)42-38(50)41-24-27-7-4-5-10-33(27)54-30-12-14-35-43-44-37(47(35)25-30)26-8-6-9-29(21-26)52-20-17-46-15-18-51-19-16-46/h4-14,21-23,25,49H,15-20,24H2,1-3H3,(H2,41,42,50). The minimum Gasteiger partial charge on any atom is -0.506 e. The van der Waals surface area contributed by atoms with Crippen molar-refractivity contribution in [3.05, 3.63) is 107 Å². The molecule has 0 saturated carbocycles. The molecule has 0 atom stereocenters. The van der Waals surface area contributed by atoms with Crippen molar-refractivity contribution < 1.29 is 19.4 Å². The molecule has 3 N–H and O–H groups in total. The lowest BCUT2D eigenvalue weighted by molar-refractivity contribution is 0.0322. The van der Waals surface area contributed by atoms with Crippen molar-refractivity contribution in [1.82, 2.24) is 34.6 Å². The topological polar surface area (TPSA) is 131 Å². The number of ether oxygens (including phenoxy) is 2. The summed E-state index contributed by atoms with van der Waals surface area (Å²) in [6, 6.07) is 26.1. The van der Waals surface area contributed by atoms with Gasteiger partial charge in [0.1, 0.15) is 23.9 Å². The van der Waals surface area contributed by atoms with Gasteiger partial charge in [-0.05, 0) is 74.2 Å². The first-order valence-electron chi connectivity index (χ1n) is 17.5. The Morgan fingerprint density at radius 2 is 1.85 bits per heavy atom. The number of hydrogen-bond acceptors (Lipinski definition) is 10. The summed E-state index contributed by atoms with van der Waals surface area (Å²) in [5, 5.41) is 29.8. The molecule has 0 aliphatic carbocycles. The van der Waals surface area contributed by atoms with Crippen LogP contribution in [0.1, 0.15) is 25.1 Å². The lowest BCUT2D eigenvalue weighted by Gasteiger charge is -2.26. The Morgan fingerprint density at radius 1 is 1.02 bits per heavy atom. The number of nitrogens with zero attached hydrogens (tertiary/aromatic N) is 6. The number of benzene rings is 3. The number of carbonyl (C=O) groups is 1. The van der Waals surface area contributed by atoms with Gasteiger partial charge in [-0.15, -0.1) is 10.2 Å². The van der Waals surface area contributed by atoms with E-state index in [0.29, 0.717) is 18.1 Å². The first kappa shape index (κ1) is 37.6. The molecule has 0 spiro atoms. The van der Waals surface area contributed by atoms with E-state index in [-0.39, 0.29) is 22.1 Å². The zero-order valence-electron chi connectivity index (χ0n) is 30.2. The van der Waals surface area contributed by atoms with Crippen molar-refractivity contribution in [2.45, 2.75) is 34.9 Å². The van der Waals surface area contributed by atoms with E-state index in [1.807, 2.05) is 83.6 Å². The first-order chi connectivity index (χ1) is 26.2. The maximum atomic E-state index is 13.4. The van der Waals surface area contributed by atoms with Gasteiger partial charge >= 0.3 is 6.03 Å². The number of nitrogens with one attached hydrogen (secondary N) is 2. The molecule has 1 aliphatic rings. The van der Waals surface area contributed by atoms with Gasteiger partial charge in [0.15, 0.2) is 11.5 Å². The van der Waals surface area contributed by atoms with Crippen LogP contribution in [0.4, 0.5) is 10.6 Å². The molecule has 12 nitrogen and oxygen atoms in total. The molecular formula is C39H41ClN8O4S2. The van der Waals surface area contributed by atoms with Crippen molar-refractivity contribution in [3.8, 4) is 28.6 Å². The number of amides is 2. The van der Waals surface area contributed by atoms with Gasteiger partial charge < -0.3 is 19.9 Å². The monoisotopic (exact) mass is 784 g/mol. The van der Waals surface area contributed by atoms with Crippen LogP contribution in [-0.2, 0) is 16.0 Å². The number of aromatic nitrogens is 5. The van der Waals surface area contributed by atoms with E-state index < -0.39 is 6.03 Å². The SMILES string of the molecule is CSC(C)(C)c1cc(NC(=O)NCc2ccccc2Sc2ccc3nnc(-c4cccc(OCCN5CCOCC5)c4)n3c2)n(-c2ccc(O)c(Cl)c2)n1. The summed E-state index contributed by atoms with van der Waals surface area (Å²) in [5.74, 6) is 1.94. The quantitative estimate of drug-likeness (QED) is 0.107. The number of anilines is 1. The predicted octanol–water partition coefficient (Wildman–Crippen LogP) is 7.72. The number of aromatic hydroxyl groups is 1. The van der Waals surface area contributed by atoms with Crippen molar-refractivity contribution in [1.29, 1.82) is 0 Å². The van der Waals surface area contributed by atoms with Gasteiger partial charge in [-0.1, -0.05) is 53.7 Å². The molecule has 1 fully saturated rings. The van der Waals surface area contributed by atoms with Crippen molar-refractivity contribution >= 4 is 52.6 Å². The van der Waals surface area contributed by atoms with E-state index in [2.05, 4.69) is 39.6 Å². The van der Waals surface area contributed by atoms with Crippen LogP contribution in [0.5, 0.6) is 11.5 Å². The fourth-order valence-electron chi connectivity index (χ4n) is 5.88. The summed E-state index contributed by atoms with van der Waals surface area (Å²) < 4.78 is 14.8. The third kappa shape index (κ3) is 8.79. The molecular weight excluding hydrogens is 744 g/mol. The van der Waals surface area contributed by atoms with Gasteiger partial charge in [-0.2, -0.15) is 16.9 Å². The molecule has 3 aromatic carbocycles. The Balaban J connectivity index is 1.04. The van der Waals surface area contributed by atoms with Gasteiger partial charge in [0.2, 0.25) is 0 Å². The molecule has 0 radical (unpaired) electrons. The highest BCUT2D eigenvalue weighted by Gasteiger charge is 2.25. The molecule has 6 aromatic rings. The fourth-order valence-corrected chi connectivity index (χ4v) is 7.33. The highest BCUT2D eigenvalue weighted by atomic mass is 35.5. The normalized spacial score (nSPS) is 13.6. The number of thioether (sulfide) groups is 1. The number of fused-ring (bicyclic) bond motifs is 1. The molecule has 0 bridgehead atoms. The molecule has 1 aliphatic heterocycles. The number of rotatable bonds is 13. The molecule has 280 valence electrons. The summed E-state index contributed by atoms with van der Waals surface area (Å²) in [6.45, 7) is 9.25. The highest BCUT2D eigenvalue weighted by molar-refractivity contribution is 7.99. The second-order valence-corrected chi connectivity index (χ2v) is 16.1. The second-order valence-electron chi connectivity index (χ2n) is 13.1. The molecule has 3 aromatic heterocycles. The zero-order valence-corrected chi connectivity index (χ0v) is 32.5. The molecule has 1 saturated heterocycles. The molecule has 15 heteroatoms. The van der Waals surface area contributed by atoms with Gasteiger partial charge in [0, 0.05) is 53.8 Å². The van der Waals surface area contributed by atoms with E-state index in [9.17, 15) is 9.90 Å². The molecule has 2 amide bonds. The van der Waals surface area contributed by atoms with Gasteiger partial charge in [-0.3, -0.25) is 14.6 Å². The Kier molecular flexibility index (Phi) is 11.6. The van der Waals surface area contributed by atoms with Crippen LogP contribution in [0.15, 0.2) is 101 Å². The van der Waals surface area contributed by atoms with Crippen LogP contribution in [0, 0.1) is 0 Å². The summed E-state index contributed by atoms with van der Waals surface area (Å²) in [6.07, 6.45) is 4.04. The van der Waals surface area contributed by atoms with Crippen molar-refractivity contribution in [2.75, 3.05) is 51.0 Å². The summed E-state index contributed by atoms with van der Waals surface area (Å²) >= 11 is 9.47. The smallest absolute Gasteiger partial charge is 0.320 e. The van der Waals surface area contributed by atoms with Crippen LogP contribution in [0.2, 0.25) is 5.02 Å². The molecule has 54 heavy (non-hydrogen) atoms. The van der Waals surface area contributed by atoms with E-state index in [0.717, 1.165) is 76.7 Å². The third-order valence-corrected chi connectivity index (χ3v) is 11.8. The molecule has 4 heterocycles. The number of pyridine rings is 1. The van der Waals surface area contributed by atoms with Crippen molar-refractivity contribution in [2.24, 2.45) is 0 Å². The van der Waals surface area contributed by atoms with Crippen LogP contribution in [0.25, 0.3) is 22.7 Å². The van der Waals surface area contributed by atoms with Gasteiger partial charge in [0.25, 0.3) is 0 Å². The Morgan fingerprint density at radius 3 is 2.67 bits per heavy atom. The Labute approximate surface area is 327 Å². The van der Waals surface area contributed by atoms with E-state index in [4.69, 9.17) is 26.2 Å².